The highest BCUT2D eigenvalue weighted by molar-refractivity contribution is 5.69. The molecule has 0 amide bonds. The largest absolute Gasteiger partial charge is 0.463 e. The summed E-state index contributed by atoms with van der Waals surface area (Å²) >= 11 is 0. The highest BCUT2D eigenvalue weighted by Gasteiger charge is 2.59. The molecular formula is C35H45NO20. The Hall–Kier alpha value is -5.17. The summed E-state index contributed by atoms with van der Waals surface area (Å²) in [5.74, 6) is -7.81. The van der Waals surface area contributed by atoms with Gasteiger partial charge in [0.25, 0.3) is 0 Å². The van der Waals surface area contributed by atoms with E-state index in [-0.39, 0.29) is 0 Å². The first-order chi connectivity index (χ1) is 26.3. The van der Waals surface area contributed by atoms with Crippen LogP contribution in [-0.4, -0.2) is 141 Å². The third kappa shape index (κ3) is 13.0. The Morgan fingerprint density at radius 2 is 0.893 bits per heavy atom. The minimum Gasteiger partial charge on any atom is -0.463 e. The van der Waals surface area contributed by atoms with Gasteiger partial charge in [0, 0.05) is 61.3 Å². The first kappa shape index (κ1) is 45.2. The fourth-order valence-electron chi connectivity index (χ4n) is 6.28. The van der Waals surface area contributed by atoms with Crippen molar-refractivity contribution in [3.63, 3.8) is 0 Å². The van der Waals surface area contributed by atoms with Gasteiger partial charge in [0.2, 0.25) is 0 Å². The third-order valence-corrected chi connectivity index (χ3v) is 8.18. The number of hydrogen-bond acceptors (Lipinski definition) is 21. The molecule has 21 nitrogen and oxygen atoms in total. The van der Waals surface area contributed by atoms with E-state index in [0.29, 0.717) is 0 Å². The number of nitrogens with zero attached hydrogens (tertiary/aromatic N) is 1. The Kier molecular flexibility index (Phi) is 16.7. The summed E-state index contributed by atoms with van der Waals surface area (Å²) in [5.41, 5.74) is 0. The van der Waals surface area contributed by atoms with E-state index in [1.54, 1.807) is 0 Å². The van der Waals surface area contributed by atoms with Gasteiger partial charge < -0.3 is 56.8 Å². The third-order valence-electron chi connectivity index (χ3n) is 8.18. The van der Waals surface area contributed by atoms with Crippen molar-refractivity contribution in [2.75, 3.05) is 19.8 Å². The van der Waals surface area contributed by atoms with Gasteiger partial charge in [0.15, 0.2) is 42.9 Å². The average molecular weight is 800 g/mol. The van der Waals surface area contributed by atoms with Crippen LogP contribution >= 0.6 is 0 Å². The Balaban J connectivity index is 2.23. The molecule has 0 radical (unpaired) electrons. The van der Waals surface area contributed by atoms with Crippen LogP contribution in [0.1, 0.15) is 55.4 Å². The van der Waals surface area contributed by atoms with Crippen LogP contribution in [0.2, 0.25) is 0 Å². The second-order valence-corrected chi connectivity index (χ2v) is 12.7. The number of ether oxygens (including phenoxy) is 12. The van der Waals surface area contributed by atoms with Gasteiger partial charge in [-0.15, -0.1) is 0 Å². The fourth-order valence-corrected chi connectivity index (χ4v) is 6.28. The van der Waals surface area contributed by atoms with Crippen LogP contribution in [0.5, 0.6) is 0 Å². The predicted molar refractivity (Wildman–Crippen MR) is 177 cm³/mol. The molecule has 2 saturated heterocycles. The van der Waals surface area contributed by atoms with Crippen LogP contribution in [0.3, 0.4) is 0 Å². The zero-order chi connectivity index (χ0) is 41.9. The lowest BCUT2D eigenvalue weighted by molar-refractivity contribution is -0.347. The predicted octanol–water partition coefficient (Wildman–Crippen LogP) is -0.325. The molecule has 21 heteroatoms. The molecule has 0 aromatic heterocycles. The molecule has 0 spiro atoms. The molecule has 0 saturated carbocycles. The van der Waals surface area contributed by atoms with Crippen LogP contribution in [0.25, 0.3) is 0 Å². The molecule has 0 bridgehead atoms. The van der Waals surface area contributed by atoms with Crippen molar-refractivity contribution in [2.45, 2.75) is 129 Å². The van der Waals surface area contributed by atoms with E-state index in [1.165, 1.54) is 12.2 Å². The summed E-state index contributed by atoms with van der Waals surface area (Å²) in [5, 5.41) is 9.55. The van der Waals surface area contributed by atoms with E-state index in [4.69, 9.17) is 56.8 Å². The van der Waals surface area contributed by atoms with Crippen LogP contribution in [0.4, 0.5) is 0 Å². The molecule has 0 N–H and O–H groups in total. The minimum atomic E-state index is -1.86. The summed E-state index contributed by atoms with van der Waals surface area (Å²) in [6.07, 6.45) is -15.3. The van der Waals surface area contributed by atoms with Crippen molar-refractivity contribution in [3.8, 4) is 6.07 Å². The van der Waals surface area contributed by atoms with Crippen LogP contribution in [0, 0.1) is 17.2 Å². The standard InChI is InChI=1S/C35H45NO20/c1-15(37)45-12-25-24(10-9-23(11-36)53-25)28-31(49-19(5)41)32(50-20(6)42)30(26(54-28)13-46-16(2)38)56-35-34(52-22(8)44)33(51-21(7)43)29(48-18(4)40)27(55-35)14-47-17(3)39/h9-10,23-35H,12-14H2,1-8H3/t23-,24+,25-,26-,27-,28-,29-,30-,31+,32+,33+,34-,35-/m1/s1. The van der Waals surface area contributed by atoms with E-state index in [2.05, 4.69) is 0 Å². The van der Waals surface area contributed by atoms with E-state index in [0.717, 1.165) is 55.4 Å². The van der Waals surface area contributed by atoms with Gasteiger partial charge in [-0.3, -0.25) is 38.4 Å². The topological polar surface area (TPSA) is 271 Å². The van der Waals surface area contributed by atoms with E-state index >= 15 is 0 Å². The molecule has 3 rings (SSSR count). The molecular weight excluding hydrogens is 754 g/mol. The number of carbonyl (C=O) groups excluding carboxylic acids is 8. The van der Waals surface area contributed by atoms with E-state index < -0.39 is 147 Å². The maximum Gasteiger partial charge on any atom is 0.303 e. The van der Waals surface area contributed by atoms with Crippen LogP contribution in [-0.2, 0) is 95.2 Å². The maximum atomic E-state index is 12.8. The highest BCUT2D eigenvalue weighted by atomic mass is 16.8. The Morgan fingerprint density at radius 1 is 0.482 bits per heavy atom. The quantitative estimate of drug-likeness (QED) is 0.124. The number of rotatable bonds is 14. The molecule has 3 heterocycles. The van der Waals surface area contributed by atoms with Crippen molar-refractivity contribution < 1.29 is 95.2 Å². The number of carbonyl (C=O) groups is 8. The summed E-state index contributed by atoms with van der Waals surface area (Å²) in [6, 6.07) is 1.92. The minimum absolute atomic E-state index is 0.396. The molecule has 2 fully saturated rings. The number of hydrogen-bond donors (Lipinski definition) is 0. The second kappa shape index (κ2) is 20.7. The first-order valence-corrected chi connectivity index (χ1v) is 17.3. The van der Waals surface area contributed by atoms with Crippen molar-refractivity contribution in [1.29, 1.82) is 5.26 Å². The lowest BCUT2D eigenvalue weighted by Gasteiger charge is -2.50. The first-order valence-electron chi connectivity index (χ1n) is 17.3. The fraction of sp³-hybridized carbons (Fsp3) is 0.686. The van der Waals surface area contributed by atoms with Gasteiger partial charge in [0.1, 0.15) is 50.3 Å². The van der Waals surface area contributed by atoms with Crippen LogP contribution < -0.4 is 0 Å². The van der Waals surface area contributed by atoms with E-state index in [9.17, 15) is 43.6 Å². The van der Waals surface area contributed by atoms with Gasteiger partial charge in [-0.25, -0.2) is 0 Å². The van der Waals surface area contributed by atoms with Gasteiger partial charge in [-0.1, -0.05) is 6.08 Å². The zero-order valence-electron chi connectivity index (χ0n) is 31.9. The van der Waals surface area contributed by atoms with Gasteiger partial charge in [-0.2, -0.15) is 5.26 Å². The molecule has 0 aliphatic carbocycles. The van der Waals surface area contributed by atoms with Gasteiger partial charge in [-0.05, 0) is 6.08 Å². The molecule has 13 atom stereocenters. The van der Waals surface area contributed by atoms with Gasteiger partial charge in [0.05, 0.1) is 6.07 Å². The summed E-state index contributed by atoms with van der Waals surface area (Å²) in [4.78, 5) is 98.3. The highest BCUT2D eigenvalue weighted by Crippen LogP contribution is 2.39. The Morgan fingerprint density at radius 3 is 1.36 bits per heavy atom. The molecule has 3 aliphatic heterocycles. The van der Waals surface area contributed by atoms with Crippen molar-refractivity contribution in [3.05, 3.63) is 12.2 Å². The smallest absolute Gasteiger partial charge is 0.303 e. The monoisotopic (exact) mass is 799 g/mol. The van der Waals surface area contributed by atoms with E-state index in [1.807, 2.05) is 6.07 Å². The summed E-state index contributed by atoms with van der Waals surface area (Å²) < 4.78 is 68.2. The Labute approximate surface area is 320 Å². The average Bonchev–Trinajstić information content (AvgIpc) is 3.08. The Bertz CT molecular complexity index is 1560. The lowest BCUT2D eigenvalue weighted by atomic mass is 9.83. The van der Waals surface area contributed by atoms with Crippen molar-refractivity contribution in [2.24, 2.45) is 5.92 Å². The van der Waals surface area contributed by atoms with Crippen molar-refractivity contribution in [1.82, 2.24) is 0 Å². The second-order valence-electron chi connectivity index (χ2n) is 12.7. The summed E-state index contributed by atoms with van der Waals surface area (Å²) in [6.45, 7) is 6.86. The normalized spacial score (nSPS) is 32.3. The number of esters is 8. The lowest BCUT2D eigenvalue weighted by Crippen LogP contribution is -2.68. The molecule has 56 heavy (non-hydrogen) atoms. The SMILES string of the molecule is CC(=O)OC[C@H]1O[C@@H](C#N)C=C[C@@H]1[C@H]1O[C@H](COC(C)=O)[C@@H](O[C@H]2O[C@H](COC(C)=O)[C@@H](OC(C)=O)[C@H](OC(C)=O)[C@H]2OC(C)=O)[C@H](OC(C)=O)[C@H]1OC(C)=O. The molecule has 0 unspecified atom stereocenters. The number of nitriles is 1. The van der Waals surface area contributed by atoms with Crippen LogP contribution in [0.15, 0.2) is 12.2 Å². The molecule has 310 valence electrons. The maximum absolute atomic E-state index is 12.8. The molecule has 3 aliphatic rings. The molecule has 0 aromatic rings. The molecule has 0 aromatic carbocycles. The summed E-state index contributed by atoms with van der Waals surface area (Å²) in [7, 11) is 0. The van der Waals surface area contributed by atoms with Crippen molar-refractivity contribution >= 4 is 47.8 Å². The van der Waals surface area contributed by atoms with Gasteiger partial charge >= 0.3 is 47.8 Å². The zero-order valence-corrected chi connectivity index (χ0v) is 31.9.